The van der Waals surface area contributed by atoms with Crippen molar-refractivity contribution in [2.24, 2.45) is 5.92 Å². The summed E-state index contributed by atoms with van der Waals surface area (Å²) in [5, 5.41) is 2.88. The maximum absolute atomic E-state index is 13.2. The maximum Gasteiger partial charge on any atom is 0.243 e. The van der Waals surface area contributed by atoms with Gasteiger partial charge < -0.3 is 10.1 Å². The number of carbonyl (C=O) groups is 1. The van der Waals surface area contributed by atoms with Gasteiger partial charge in [-0.3, -0.25) is 4.79 Å². The molecule has 2 atom stereocenters. The van der Waals surface area contributed by atoms with Crippen molar-refractivity contribution in [3.63, 3.8) is 0 Å². The Bertz CT molecular complexity index is 662. The normalized spacial score (nSPS) is 27.1. The van der Waals surface area contributed by atoms with Gasteiger partial charge in [-0.1, -0.05) is 31.0 Å². The fourth-order valence-electron chi connectivity index (χ4n) is 3.59. The minimum atomic E-state index is -3.65. The maximum atomic E-state index is 13.2. The van der Waals surface area contributed by atoms with E-state index < -0.39 is 10.0 Å². The molecule has 1 aromatic carbocycles. The first-order valence-corrected chi connectivity index (χ1v) is 9.97. The van der Waals surface area contributed by atoms with Gasteiger partial charge in [0, 0.05) is 19.1 Å². The first-order chi connectivity index (χ1) is 11.6. The van der Waals surface area contributed by atoms with Crippen molar-refractivity contribution >= 4 is 15.9 Å². The lowest BCUT2D eigenvalue weighted by atomic mass is 9.83. The molecule has 6 nitrogen and oxygen atoms in total. The van der Waals surface area contributed by atoms with E-state index in [0.29, 0.717) is 26.2 Å². The molecule has 0 aromatic heterocycles. The molecule has 24 heavy (non-hydrogen) atoms. The molecule has 1 aliphatic carbocycles. The van der Waals surface area contributed by atoms with Crippen LogP contribution in [-0.4, -0.2) is 51.0 Å². The zero-order valence-electron chi connectivity index (χ0n) is 13.7. The Morgan fingerprint density at radius 2 is 1.83 bits per heavy atom. The van der Waals surface area contributed by atoms with Crippen molar-refractivity contribution in [1.29, 1.82) is 0 Å². The highest BCUT2D eigenvalue weighted by Crippen LogP contribution is 2.32. The molecule has 0 bridgehead atoms. The van der Waals surface area contributed by atoms with E-state index in [9.17, 15) is 13.2 Å². The van der Waals surface area contributed by atoms with Crippen molar-refractivity contribution in [2.75, 3.05) is 26.3 Å². The lowest BCUT2D eigenvalue weighted by Crippen LogP contribution is -2.52. The SMILES string of the molecule is O=C1NCCOCCN(S(=O)(=O)c2ccccc2)[C@@H]2CCCC[C@H]12. The Labute approximate surface area is 143 Å². The van der Waals surface area contributed by atoms with E-state index in [1.54, 1.807) is 30.3 Å². The van der Waals surface area contributed by atoms with Crippen molar-refractivity contribution < 1.29 is 17.9 Å². The highest BCUT2D eigenvalue weighted by Gasteiger charge is 2.40. The van der Waals surface area contributed by atoms with Crippen LogP contribution in [0.15, 0.2) is 35.2 Å². The molecule has 0 radical (unpaired) electrons. The lowest BCUT2D eigenvalue weighted by molar-refractivity contribution is -0.128. The minimum Gasteiger partial charge on any atom is -0.378 e. The van der Waals surface area contributed by atoms with Gasteiger partial charge >= 0.3 is 0 Å². The molecular formula is C17H24N2O4S. The fourth-order valence-corrected chi connectivity index (χ4v) is 5.28. The Balaban J connectivity index is 1.96. The van der Waals surface area contributed by atoms with Crippen LogP contribution in [0.4, 0.5) is 0 Å². The number of benzene rings is 1. The second-order valence-electron chi connectivity index (χ2n) is 6.29. The van der Waals surface area contributed by atoms with E-state index in [0.717, 1.165) is 19.3 Å². The Morgan fingerprint density at radius 1 is 1.08 bits per heavy atom. The Hall–Kier alpha value is -1.44. The summed E-state index contributed by atoms with van der Waals surface area (Å²) < 4.78 is 33.3. The number of hydrogen-bond donors (Lipinski definition) is 1. The summed E-state index contributed by atoms with van der Waals surface area (Å²) in [5.41, 5.74) is 0. The van der Waals surface area contributed by atoms with Crippen LogP contribution < -0.4 is 5.32 Å². The van der Waals surface area contributed by atoms with Crippen LogP contribution in [0.2, 0.25) is 0 Å². The lowest BCUT2D eigenvalue weighted by Gasteiger charge is -2.39. The van der Waals surface area contributed by atoms with Crippen molar-refractivity contribution in [1.82, 2.24) is 9.62 Å². The summed E-state index contributed by atoms with van der Waals surface area (Å²) in [7, 11) is -3.65. The largest absolute Gasteiger partial charge is 0.378 e. The Kier molecular flexibility index (Phi) is 5.53. The summed E-state index contributed by atoms with van der Waals surface area (Å²) in [5.74, 6) is -0.339. The fraction of sp³-hybridized carbons (Fsp3) is 0.588. The molecule has 0 spiro atoms. The molecule has 1 saturated heterocycles. The van der Waals surface area contributed by atoms with E-state index in [1.165, 1.54) is 4.31 Å². The molecule has 1 aliphatic heterocycles. The third kappa shape index (κ3) is 3.63. The van der Waals surface area contributed by atoms with Gasteiger partial charge in [-0.15, -0.1) is 0 Å². The average molecular weight is 352 g/mol. The number of hydrogen-bond acceptors (Lipinski definition) is 4. The average Bonchev–Trinajstić information content (AvgIpc) is 2.61. The van der Waals surface area contributed by atoms with Crippen LogP contribution in [0.1, 0.15) is 25.7 Å². The van der Waals surface area contributed by atoms with Crippen LogP contribution in [-0.2, 0) is 19.6 Å². The molecular weight excluding hydrogens is 328 g/mol. The highest BCUT2D eigenvalue weighted by atomic mass is 32.2. The van der Waals surface area contributed by atoms with E-state index in [1.807, 2.05) is 0 Å². The van der Waals surface area contributed by atoms with Gasteiger partial charge in [-0.25, -0.2) is 8.42 Å². The minimum absolute atomic E-state index is 0.0570. The van der Waals surface area contributed by atoms with Crippen molar-refractivity contribution in [3.8, 4) is 0 Å². The summed E-state index contributed by atoms with van der Waals surface area (Å²) in [4.78, 5) is 12.8. The molecule has 1 N–H and O–H groups in total. The monoisotopic (exact) mass is 352 g/mol. The third-order valence-electron chi connectivity index (χ3n) is 4.79. The third-order valence-corrected chi connectivity index (χ3v) is 6.73. The van der Waals surface area contributed by atoms with Gasteiger partial charge in [0.1, 0.15) is 0 Å². The second kappa shape index (κ2) is 7.63. The molecule has 2 aliphatic rings. The number of nitrogens with zero attached hydrogens (tertiary/aromatic N) is 1. The van der Waals surface area contributed by atoms with Gasteiger partial charge in [0.05, 0.1) is 24.0 Å². The first kappa shape index (κ1) is 17.4. The molecule has 2 fully saturated rings. The van der Waals surface area contributed by atoms with E-state index in [-0.39, 0.29) is 29.3 Å². The second-order valence-corrected chi connectivity index (χ2v) is 8.18. The molecule has 3 rings (SSSR count). The van der Waals surface area contributed by atoms with Crippen LogP contribution in [0.25, 0.3) is 0 Å². The van der Waals surface area contributed by atoms with Crippen LogP contribution in [0.3, 0.4) is 0 Å². The summed E-state index contributed by atoms with van der Waals surface area (Å²) in [6, 6.07) is 8.14. The quantitative estimate of drug-likeness (QED) is 0.873. The molecule has 7 heteroatoms. The smallest absolute Gasteiger partial charge is 0.243 e. The number of fused-ring (bicyclic) bond motifs is 1. The molecule has 132 valence electrons. The van der Waals surface area contributed by atoms with Gasteiger partial charge in [-0.2, -0.15) is 4.31 Å². The molecule has 1 amide bonds. The highest BCUT2D eigenvalue weighted by molar-refractivity contribution is 7.89. The zero-order chi connectivity index (χ0) is 17.0. The van der Waals surface area contributed by atoms with Crippen LogP contribution >= 0.6 is 0 Å². The number of sulfonamides is 1. The predicted molar refractivity (Wildman–Crippen MR) is 89.9 cm³/mol. The number of ether oxygens (including phenoxy) is 1. The number of rotatable bonds is 2. The van der Waals surface area contributed by atoms with Crippen molar-refractivity contribution in [2.45, 2.75) is 36.6 Å². The Morgan fingerprint density at radius 3 is 2.62 bits per heavy atom. The topological polar surface area (TPSA) is 75.7 Å². The van der Waals surface area contributed by atoms with Gasteiger partial charge in [0.2, 0.25) is 15.9 Å². The van der Waals surface area contributed by atoms with Gasteiger partial charge in [0.25, 0.3) is 0 Å². The predicted octanol–water partition coefficient (Wildman–Crippen LogP) is 1.38. The number of carbonyl (C=O) groups excluding carboxylic acids is 1. The van der Waals surface area contributed by atoms with E-state index in [4.69, 9.17) is 4.74 Å². The summed E-state index contributed by atoms with van der Waals surface area (Å²) in [6.45, 7) is 1.51. The van der Waals surface area contributed by atoms with Gasteiger partial charge in [-0.05, 0) is 25.0 Å². The summed E-state index contributed by atoms with van der Waals surface area (Å²) >= 11 is 0. The van der Waals surface area contributed by atoms with Crippen molar-refractivity contribution in [3.05, 3.63) is 30.3 Å². The zero-order valence-corrected chi connectivity index (χ0v) is 14.5. The van der Waals surface area contributed by atoms with E-state index >= 15 is 0 Å². The molecule has 1 aromatic rings. The number of amides is 1. The number of nitrogens with one attached hydrogen (secondary N) is 1. The van der Waals surface area contributed by atoms with Crippen LogP contribution in [0, 0.1) is 5.92 Å². The van der Waals surface area contributed by atoms with Crippen LogP contribution in [0.5, 0.6) is 0 Å². The standard InChI is InChI=1S/C17H24N2O4S/c20-17-15-8-4-5-9-16(15)19(11-13-23-12-10-18-17)24(21,22)14-6-2-1-3-7-14/h1-3,6-7,15-16H,4-5,8-13H2,(H,18,20)/t15-,16+/m0/s1. The van der Waals surface area contributed by atoms with E-state index in [2.05, 4.69) is 5.32 Å². The summed E-state index contributed by atoms with van der Waals surface area (Å²) in [6.07, 6.45) is 3.35. The molecule has 1 heterocycles. The molecule has 1 saturated carbocycles. The molecule has 0 unspecified atom stereocenters. The van der Waals surface area contributed by atoms with Gasteiger partial charge in [0.15, 0.2) is 0 Å². The first-order valence-electron chi connectivity index (χ1n) is 8.53.